The second-order valence-corrected chi connectivity index (χ2v) is 9.17. The van der Waals surface area contributed by atoms with Crippen molar-refractivity contribution in [1.82, 2.24) is 0 Å². The number of hydrogen-bond acceptors (Lipinski definition) is 5. The summed E-state index contributed by atoms with van der Waals surface area (Å²) in [5.74, 6) is -1.20. The maximum Gasteiger partial charge on any atom is 0.300 e. The standard InChI is InChI=1S/C32H26FNO5/c1-20-18-23(10-17-27(20)39-19-21-6-4-3-5-7-21)30(35)28-29(22-8-15-26(38-2)16-9-22)34(32(37)31(28)36)25-13-11-24(33)12-14-25/h3-18,29,35H,19H2,1-2H3/b30-28-. The van der Waals surface area contributed by atoms with E-state index >= 15 is 0 Å². The van der Waals surface area contributed by atoms with Crippen molar-refractivity contribution in [2.45, 2.75) is 19.6 Å². The first kappa shape index (κ1) is 25.7. The average molecular weight is 524 g/mol. The van der Waals surface area contributed by atoms with Crippen LogP contribution in [-0.4, -0.2) is 23.9 Å². The number of nitrogens with zero attached hydrogens (tertiary/aromatic N) is 1. The highest BCUT2D eigenvalue weighted by Crippen LogP contribution is 2.42. The van der Waals surface area contributed by atoms with Gasteiger partial charge in [0, 0.05) is 11.3 Å². The molecule has 0 radical (unpaired) electrons. The molecule has 4 aromatic carbocycles. The van der Waals surface area contributed by atoms with Gasteiger partial charge >= 0.3 is 0 Å². The number of benzene rings is 4. The first-order valence-corrected chi connectivity index (χ1v) is 12.4. The van der Waals surface area contributed by atoms with Gasteiger partial charge in [0.15, 0.2) is 0 Å². The van der Waals surface area contributed by atoms with Crippen LogP contribution in [0.2, 0.25) is 0 Å². The zero-order chi connectivity index (χ0) is 27.5. The fraction of sp³-hybridized carbons (Fsp3) is 0.125. The topological polar surface area (TPSA) is 76.1 Å². The Morgan fingerprint density at radius 1 is 0.923 bits per heavy atom. The number of aliphatic hydroxyl groups is 1. The third-order valence-electron chi connectivity index (χ3n) is 6.67. The number of Topliss-reactive ketones (excluding diaryl/α,β-unsaturated/α-hetero) is 1. The summed E-state index contributed by atoms with van der Waals surface area (Å²) >= 11 is 0. The highest BCUT2D eigenvalue weighted by molar-refractivity contribution is 6.51. The zero-order valence-electron chi connectivity index (χ0n) is 21.4. The van der Waals surface area contributed by atoms with E-state index in [1.54, 1.807) is 42.5 Å². The molecule has 1 fully saturated rings. The molecule has 0 bridgehead atoms. The van der Waals surface area contributed by atoms with Crippen molar-refractivity contribution in [2.24, 2.45) is 0 Å². The van der Waals surface area contributed by atoms with E-state index in [-0.39, 0.29) is 11.3 Å². The van der Waals surface area contributed by atoms with Gasteiger partial charge in [-0.25, -0.2) is 4.39 Å². The van der Waals surface area contributed by atoms with Crippen LogP contribution < -0.4 is 14.4 Å². The van der Waals surface area contributed by atoms with Crippen LogP contribution in [0.25, 0.3) is 5.76 Å². The van der Waals surface area contributed by atoms with Crippen LogP contribution in [0.5, 0.6) is 11.5 Å². The van der Waals surface area contributed by atoms with Gasteiger partial charge in [0.1, 0.15) is 29.7 Å². The largest absolute Gasteiger partial charge is 0.507 e. The molecule has 1 heterocycles. The molecule has 1 N–H and O–H groups in total. The van der Waals surface area contributed by atoms with Crippen molar-refractivity contribution >= 4 is 23.1 Å². The lowest BCUT2D eigenvalue weighted by molar-refractivity contribution is -0.132. The lowest BCUT2D eigenvalue weighted by Crippen LogP contribution is -2.29. The molecular formula is C32H26FNO5. The molecule has 1 aliphatic heterocycles. The molecule has 5 rings (SSSR count). The third kappa shape index (κ3) is 5.11. The van der Waals surface area contributed by atoms with E-state index in [1.165, 1.54) is 36.3 Å². The first-order valence-electron chi connectivity index (χ1n) is 12.4. The molecule has 6 nitrogen and oxygen atoms in total. The monoisotopic (exact) mass is 523 g/mol. The average Bonchev–Trinajstić information content (AvgIpc) is 3.23. The van der Waals surface area contributed by atoms with E-state index in [4.69, 9.17) is 9.47 Å². The summed E-state index contributed by atoms with van der Waals surface area (Å²) in [4.78, 5) is 27.9. The summed E-state index contributed by atoms with van der Waals surface area (Å²) in [6.07, 6.45) is 0. The number of halogens is 1. The van der Waals surface area contributed by atoms with Gasteiger partial charge in [0.2, 0.25) is 0 Å². The van der Waals surface area contributed by atoms with Gasteiger partial charge in [-0.1, -0.05) is 42.5 Å². The molecule has 0 spiro atoms. The smallest absolute Gasteiger partial charge is 0.300 e. The van der Waals surface area contributed by atoms with Crippen LogP contribution in [0.15, 0.2) is 103 Å². The van der Waals surface area contributed by atoms with Crippen LogP contribution in [0.3, 0.4) is 0 Å². The summed E-state index contributed by atoms with van der Waals surface area (Å²) in [7, 11) is 1.54. The van der Waals surface area contributed by atoms with Crippen molar-refractivity contribution < 1.29 is 28.6 Å². The van der Waals surface area contributed by atoms with Crippen LogP contribution in [0.1, 0.15) is 28.3 Å². The summed E-state index contributed by atoms with van der Waals surface area (Å²) in [5.41, 5.74) is 3.00. The normalized spacial score (nSPS) is 16.4. The summed E-state index contributed by atoms with van der Waals surface area (Å²) in [5, 5.41) is 11.4. The number of carbonyl (C=O) groups is 2. The predicted octanol–water partition coefficient (Wildman–Crippen LogP) is 6.35. The lowest BCUT2D eigenvalue weighted by Gasteiger charge is -2.25. The Balaban J connectivity index is 1.55. The Labute approximate surface area is 225 Å². The number of aliphatic hydroxyl groups excluding tert-OH is 1. The number of aryl methyl sites for hydroxylation is 1. The van der Waals surface area contributed by atoms with Crippen molar-refractivity contribution in [3.05, 3.63) is 131 Å². The van der Waals surface area contributed by atoms with E-state index in [0.29, 0.717) is 34.9 Å². The summed E-state index contributed by atoms with van der Waals surface area (Å²) in [6, 6.07) is 26.1. The van der Waals surface area contributed by atoms with Gasteiger partial charge in [-0.05, 0) is 78.2 Å². The fourth-order valence-corrected chi connectivity index (χ4v) is 4.65. The quantitative estimate of drug-likeness (QED) is 0.174. The lowest BCUT2D eigenvalue weighted by atomic mass is 9.94. The molecule has 0 aliphatic carbocycles. The second kappa shape index (κ2) is 10.8. The number of amides is 1. The minimum absolute atomic E-state index is 0.0631. The SMILES string of the molecule is COc1ccc(C2/C(=C(/O)c3ccc(OCc4ccccc4)c(C)c3)C(=O)C(=O)N2c2ccc(F)cc2)cc1. The maximum atomic E-state index is 13.7. The molecule has 1 saturated heterocycles. The van der Waals surface area contributed by atoms with Gasteiger partial charge in [-0.15, -0.1) is 0 Å². The zero-order valence-corrected chi connectivity index (χ0v) is 21.4. The van der Waals surface area contributed by atoms with Crippen LogP contribution in [-0.2, 0) is 16.2 Å². The van der Waals surface area contributed by atoms with Gasteiger partial charge in [0.05, 0.1) is 18.7 Å². The highest BCUT2D eigenvalue weighted by atomic mass is 19.1. The van der Waals surface area contributed by atoms with Gasteiger partial charge in [0.25, 0.3) is 11.7 Å². The van der Waals surface area contributed by atoms with E-state index in [2.05, 4.69) is 0 Å². The first-order chi connectivity index (χ1) is 18.9. The van der Waals surface area contributed by atoms with E-state index in [9.17, 15) is 19.1 Å². The minimum Gasteiger partial charge on any atom is -0.507 e. The van der Waals surface area contributed by atoms with E-state index < -0.39 is 23.5 Å². The van der Waals surface area contributed by atoms with E-state index in [1.807, 2.05) is 37.3 Å². The molecule has 196 valence electrons. The number of ketones is 1. The van der Waals surface area contributed by atoms with Crippen molar-refractivity contribution in [1.29, 1.82) is 0 Å². The Morgan fingerprint density at radius 3 is 2.26 bits per heavy atom. The summed E-state index contributed by atoms with van der Waals surface area (Å²) in [6.45, 7) is 2.22. The molecule has 4 aromatic rings. The molecule has 0 aromatic heterocycles. The van der Waals surface area contributed by atoms with Crippen molar-refractivity contribution in [3.8, 4) is 11.5 Å². The van der Waals surface area contributed by atoms with Crippen LogP contribution in [0, 0.1) is 12.7 Å². The third-order valence-corrected chi connectivity index (χ3v) is 6.67. The summed E-state index contributed by atoms with van der Waals surface area (Å²) < 4.78 is 24.9. The fourth-order valence-electron chi connectivity index (χ4n) is 4.65. The Bertz CT molecular complexity index is 1550. The van der Waals surface area contributed by atoms with Gasteiger partial charge in [-0.2, -0.15) is 0 Å². The Morgan fingerprint density at radius 2 is 1.62 bits per heavy atom. The molecule has 1 atom stereocenters. The van der Waals surface area contributed by atoms with Crippen LogP contribution >= 0.6 is 0 Å². The number of carbonyl (C=O) groups excluding carboxylic acids is 2. The van der Waals surface area contributed by atoms with Crippen molar-refractivity contribution in [2.75, 3.05) is 12.0 Å². The number of methoxy groups -OCH3 is 1. The molecule has 0 saturated carbocycles. The molecular weight excluding hydrogens is 497 g/mol. The molecule has 1 amide bonds. The van der Waals surface area contributed by atoms with Gasteiger partial charge < -0.3 is 14.6 Å². The maximum absolute atomic E-state index is 13.7. The Kier molecular flexibility index (Phi) is 7.14. The molecule has 39 heavy (non-hydrogen) atoms. The van der Waals surface area contributed by atoms with Gasteiger partial charge in [-0.3, -0.25) is 14.5 Å². The predicted molar refractivity (Wildman–Crippen MR) is 146 cm³/mol. The number of ether oxygens (including phenoxy) is 2. The molecule has 1 unspecified atom stereocenters. The van der Waals surface area contributed by atoms with Crippen LogP contribution in [0.4, 0.5) is 10.1 Å². The molecule has 7 heteroatoms. The number of anilines is 1. The van der Waals surface area contributed by atoms with Crippen molar-refractivity contribution in [3.63, 3.8) is 0 Å². The molecule has 1 aliphatic rings. The van der Waals surface area contributed by atoms with E-state index in [0.717, 1.165) is 11.1 Å². The number of hydrogen-bond donors (Lipinski definition) is 1. The number of rotatable bonds is 7. The Hall–Kier alpha value is -4.91. The highest BCUT2D eigenvalue weighted by Gasteiger charge is 2.47. The second-order valence-electron chi connectivity index (χ2n) is 9.17. The minimum atomic E-state index is -0.935.